The van der Waals surface area contributed by atoms with Crippen molar-refractivity contribution in [3.8, 4) is 11.5 Å². The number of carbonyl (C=O) groups is 2. The summed E-state index contributed by atoms with van der Waals surface area (Å²) in [5.41, 5.74) is 4.78. The molecule has 0 aliphatic carbocycles. The highest BCUT2D eigenvalue weighted by Crippen LogP contribution is 2.20. The number of thiocarbonyl (C=S) groups is 1. The molecule has 0 unspecified atom stereocenters. The Labute approximate surface area is 173 Å². The van der Waals surface area contributed by atoms with E-state index in [4.69, 9.17) is 21.7 Å². The van der Waals surface area contributed by atoms with Crippen LogP contribution in [-0.2, 0) is 9.59 Å². The van der Waals surface area contributed by atoms with Gasteiger partial charge in [0.05, 0.1) is 0 Å². The Kier molecular flexibility index (Phi) is 6.96. The molecule has 0 atom stereocenters. The van der Waals surface area contributed by atoms with E-state index < -0.39 is 11.8 Å². The second kappa shape index (κ2) is 10.0. The molecule has 0 saturated carbocycles. The first-order valence-electron chi connectivity index (χ1n) is 8.78. The third-order valence-corrected chi connectivity index (χ3v) is 3.98. The Hall–Kier alpha value is -3.65. The van der Waals surface area contributed by atoms with Crippen LogP contribution in [0.4, 0.5) is 0 Å². The zero-order valence-corrected chi connectivity index (χ0v) is 16.2. The number of hydrogen-bond acceptors (Lipinski definition) is 5. The van der Waals surface area contributed by atoms with Gasteiger partial charge in [0.15, 0.2) is 18.3 Å². The van der Waals surface area contributed by atoms with Crippen LogP contribution in [0.2, 0.25) is 0 Å². The Balaban J connectivity index is 1.36. The Morgan fingerprint density at radius 2 is 1.38 bits per heavy atom. The fourth-order valence-corrected chi connectivity index (χ4v) is 2.59. The molecule has 148 valence electrons. The number of carbonyl (C=O) groups excluding carboxylic acids is 2. The van der Waals surface area contributed by atoms with Gasteiger partial charge < -0.3 is 9.47 Å². The van der Waals surface area contributed by atoms with E-state index in [1.807, 2.05) is 42.5 Å². The van der Waals surface area contributed by atoms with Gasteiger partial charge in [0, 0.05) is 0 Å². The molecule has 3 aromatic rings. The molecule has 0 fully saturated rings. The summed E-state index contributed by atoms with van der Waals surface area (Å²) in [5, 5.41) is 4.47. The van der Waals surface area contributed by atoms with E-state index in [1.54, 1.807) is 30.3 Å². The van der Waals surface area contributed by atoms with Crippen molar-refractivity contribution in [2.75, 3.05) is 13.2 Å². The number of amides is 2. The molecule has 2 amide bonds. The average molecular weight is 409 g/mol. The summed E-state index contributed by atoms with van der Waals surface area (Å²) in [6, 6.07) is 22.3. The van der Waals surface area contributed by atoms with Gasteiger partial charge in [0.25, 0.3) is 11.8 Å². The highest BCUT2D eigenvalue weighted by molar-refractivity contribution is 7.80. The van der Waals surface area contributed by atoms with Crippen LogP contribution in [0.3, 0.4) is 0 Å². The van der Waals surface area contributed by atoms with Crippen molar-refractivity contribution in [3.05, 3.63) is 72.8 Å². The predicted molar refractivity (Wildman–Crippen MR) is 113 cm³/mol. The third-order valence-electron chi connectivity index (χ3n) is 3.77. The minimum Gasteiger partial charge on any atom is -0.484 e. The first-order chi connectivity index (χ1) is 14.1. The lowest BCUT2D eigenvalue weighted by molar-refractivity contribution is -0.124. The number of rotatable bonds is 6. The fourth-order valence-electron chi connectivity index (χ4n) is 2.43. The number of para-hydroxylation sites is 1. The van der Waals surface area contributed by atoms with Gasteiger partial charge in [-0.2, -0.15) is 0 Å². The molecule has 3 N–H and O–H groups in total. The SMILES string of the molecule is O=C(COc1ccccc1)NNC(=S)NC(=O)COc1ccc2ccccc2c1. The molecule has 29 heavy (non-hydrogen) atoms. The molecule has 0 aliphatic rings. The van der Waals surface area contributed by atoms with Crippen LogP contribution in [0.15, 0.2) is 72.8 Å². The summed E-state index contributed by atoms with van der Waals surface area (Å²) in [6.07, 6.45) is 0. The zero-order chi connectivity index (χ0) is 20.5. The lowest BCUT2D eigenvalue weighted by Crippen LogP contribution is -2.50. The van der Waals surface area contributed by atoms with E-state index in [0.717, 1.165) is 10.8 Å². The summed E-state index contributed by atoms with van der Waals surface area (Å²) in [4.78, 5) is 23.7. The quantitative estimate of drug-likeness (QED) is 0.428. The monoisotopic (exact) mass is 409 g/mol. The van der Waals surface area contributed by atoms with Crippen molar-refractivity contribution in [3.63, 3.8) is 0 Å². The summed E-state index contributed by atoms with van der Waals surface area (Å²) in [7, 11) is 0. The van der Waals surface area contributed by atoms with Gasteiger partial charge in [-0.3, -0.25) is 25.8 Å². The molecule has 0 spiro atoms. The third kappa shape index (κ3) is 6.47. The van der Waals surface area contributed by atoms with Crippen molar-refractivity contribution in [2.45, 2.75) is 0 Å². The number of hydrazine groups is 1. The maximum atomic E-state index is 11.9. The van der Waals surface area contributed by atoms with Gasteiger partial charge >= 0.3 is 0 Å². The minimum absolute atomic E-state index is 0.0508. The van der Waals surface area contributed by atoms with Crippen LogP contribution < -0.4 is 25.6 Å². The van der Waals surface area contributed by atoms with Crippen molar-refractivity contribution >= 4 is 39.9 Å². The molecule has 0 bridgehead atoms. The van der Waals surface area contributed by atoms with Gasteiger partial charge in [0.1, 0.15) is 11.5 Å². The molecule has 0 radical (unpaired) electrons. The fraction of sp³-hybridized carbons (Fsp3) is 0.0952. The molecule has 0 aliphatic heterocycles. The first kappa shape index (κ1) is 20.1. The first-order valence-corrected chi connectivity index (χ1v) is 9.19. The molecule has 0 saturated heterocycles. The van der Waals surface area contributed by atoms with E-state index in [2.05, 4.69) is 16.2 Å². The average Bonchev–Trinajstić information content (AvgIpc) is 2.75. The molecule has 7 nitrogen and oxygen atoms in total. The second-order valence-electron chi connectivity index (χ2n) is 5.95. The van der Waals surface area contributed by atoms with Crippen LogP contribution in [0.5, 0.6) is 11.5 Å². The summed E-state index contributed by atoms with van der Waals surface area (Å²) in [6.45, 7) is -0.413. The van der Waals surface area contributed by atoms with Gasteiger partial charge in [-0.05, 0) is 47.3 Å². The molecule has 8 heteroatoms. The van der Waals surface area contributed by atoms with E-state index in [1.165, 1.54) is 0 Å². The normalized spacial score (nSPS) is 10.1. The number of ether oxygens (including phenoxy) is 2. The maximum absolute atomic E-state index is 11.9. The standard InChI is InChI=1S/C21H19N3O4S/c25-19(13-28-18-11-10-15-6-4-5-7-16(15)12-18)22-21(29)24-23-20(26)14-27-17-8-2-1-3-9-17/h1-12H,13-14H2,(H,23,26)(H2,22,24,25,29). The number of fused-ring (bicyclic) bond motifs is 1. The highest BCUT2D eigenvalue weighted by Gasteiger charge is 2.08. The lowest BCUT2D eigenvalue weighted by atomic mass is 10.1. The molecular formula is C21H19N3O4S. The van der Waals surface area contributed by atoms with Crippen LogP contribution in [0, 0.1) is 0 Å². The summed E-state index contributed by atoms with van der Waals surface area (Å²) in [5.74, 6) is 0.247. The second-order valence-corrected chi connectivity index (χ2v) is 6.36. The molecule has 3 rings (SSSR count). The Morgan fingerprint density at radius 3 is 2.17 bits per heavy atom. The van der Waals surface area contributed by atoms with Gasteiger partial charge in [0.2, 0.25) is 0 Å². The van der Waals surface area contributed by atoms with Crippen molar-refractivity contribution in [1.82, 2.24) is 16.2 Å². The zero-order valence-electron chi connectivity index (χ0n) is 15.4. The van der Waals surface area contributed by atoms with Crippen LogP contribution >= 0.6 is 12.2 Å². The molecule has 0 aromatic heterocycles. The molecule has 3 aromatic carbocycles. The van der Waals surface area contributed by atoms with Gasteiger partial charge in [-0.15, -0.1) is 0 Å². The smallest absolute Gasteiger partial charge is 0.276 e. The Morgan fingerprint density at radius 1 is 0.724 bits per heavy atom. The van der Waals surface area contributed by atoms with Gasteiger partial charge in [-0.25, -0.2) is 0 Å². The minimum atomic E-state index is -0.453. The molecule has 0 heterocycles. The largest absolute Gasteiger partial charge is 0.484 e. The van der Waals surface area contributed by atoms with E-state index >= 15 is 0 Å². The van der Waals surface area contributed by atoms with Gasteiger partial charge in [-0.1, -0.05) is 48.5 Å². The summed E-state index contributed by atoms with van der Waals surface area (Å²) < 4.78 is 10.8. The highest BCUT2D eigenvalue weighted by atomic mass is 32.1. The van der Waals surface area contributed by atoms with Crippen LogP contribution in [-0.4, -0.2) is 30.1 Å². The Bertz CT molecular complexity index is 1010. The number of nitrogens with one attached hydrogen (secondary N) is 3. The molecular weight excluding hydrogens is 390 g/mol. The lowest BCUT2D eigenvalue weighted by Gasteiger charge is -2.12. The maximum Gasteiger partial charge on any atom is 0.276 e. The topological polar surface area (TPSA) is 88.7 Å². The van der Waals surface area contributed by atoms with E-state index in [9.17, 15) is 9.59 Å². The van der Waals surface area contributed by atoms with Crippen molar-refractivity contribution < 1.29 is 19.1 Å². The number of hydrogen-bond donors (Lipinski definition) is 3. The number of benzene rings is 3. The van der Waals surface area contributed by atoms with Crippen LogP contribution in [0.1, 0.15) is 0 Å². The van der Waals surface area contributed by atoms with Crippen molar-refractivity contribution in [1.29, 1.82) is 0 Å². The van der Waals surface area contributed by atoms with Crippen LogP contribution in [0.25, 0.3) is 10.8 Å². The van der Waals surface area contributed by atoms with Crippen molar-refractivity contribution in [2.24, 2.45) is 0 Å². The van der Waals surface area contributed by atoms with E-state index in [0.29, 0.717) is 11.5 Å². The van der Waals surface area contributed by atoms with E-state index in [-0.39, 0.29) is 18.3 Å². The summed E-state index contributed by atoms with van der Waals surface area (Å²) >= 11 is 4.97. The predicted octanol–water partition coefficient (Wildman–Crippen LogP) is 2.32.